The van der Waals surface area contributed by atoms with Gasteiger partial charge in [0, 0.05) is 57.3 Å². The lowest BCUT2D eigenvalue weighted by atomic mass is 9.90. The molecule has 4 aromatic carbocycles. The summed E-state index contributed by atoms with van der Waals surface area (Å²) in [6.07, 6.45) is 6.28. The lowest BCUT2D eigenvalue weighted by Gasteiger charge is -2.24. The standard InChI is InChI=1S/C44H52O10/c1-7-13-23-31(45)51-41-27-19-17-21-29(49-11-5)35(27)43(53-33(47)25-15-9-3)39-37(41)38-40(39)44(54-34(48)26-16-10-4)36-28(20-18-22-30(36)50-12-6)42(38)52-32(46)24-14-8-2/h17-22H,7-16,23-26H2,1-6H3. The smallest absolute Gasteiger partial charge is 0.311 e. The molecule has 0 heterocycles. The maximum Gasteiger partial charge on any atom is 0.311 e. The molecule has 4 aromatic rings. The summed E-state index contributed by atoms with van der Waals surface area (Å²) in [6.45, 7) is 12.3. The molecular formula is C44H52O10. The molecule has 0 aromatic heterocycles. The molecule has 0 bridgehead atoms. The van der Waals surface area contributed by atoms with E-state index in [1.807, 2.05) is 41.5 Å². The first kappa shape index (κ1) is 40.1. The van der Waals surface area contributed by atoms with Crippen molar-refractivity contribution in [3.05, 3.63) is 57.3 Å². The molecule has 0 spiro atoms. The van der Waals surface area contributed by atoms with Crippen molar-refractivity contribution in [2.24, 2.45) is 0 Å². The Labute approximate surface area is 316 Å². The van der Waals surface area contributed by atoms with Crippen molar-refractivity contribution >= 4 is 45.4 Å². The Bertz CT molecular complexity index is 2080. The van der Waals surface area contributed by atoms with Gasteiger partial charge in [-0.25, -0.2) is 0 Å². The topological polar surface area (TPSA) is 124 Å². The zero-order valence-electron chi connectivity index (χ0n) is 32.4. The third kappa shape index (κ3) is 8.32. The van der Waals surface area contributed by atoms with Crippen LogP contribution >= 0.6 is 0 Å². The lowest BCUT2D eigenvalue weighted by Crippen LogP contribution is -2.16. The molecule has 0 saturated heterocycles. The quantitative estimate of drug-likeness (QED) is 0.0563. The van der Waals surface area contributed by atoms with E-state index in [1.54, 1.807) is 36.4 Å². The summed E-state index contributed by atoms with van der Waals surface area (Å²) in [5.41, 5.74) is 0. The van der Waals surface area contributed by atoms with Gasteiger partial charge in [0.2, 0.25) is 0 Å². The Morgan fingerprint density at radius 1 is 0.426 bits per heavy atom. The molecule has 0 aliphatic heterocycles. The largest absolute Gasteiger partial charge is 0.493 e. The van der Waals surface area contributed by atoms with Crippen LogP contribution < -0.4 is 28.4 Å². The number of hydrogen-bond acceptors (Lipinski definition) is 10. The summed E-state index contributed by atoms with van der Waals surface area (Å²) in [4.78, 5) is 54.2. The number of rotatable bonds is 20. The third-order valence-corrected chi connectivity index (χ3v) is 9.31. The lowest BCUT2D eigenvalue weighted by molar-refractivity contribution is -0.135. The molecule has 1 aliphatic carbocycles. The van der Waals surface area contributed by atoms with Crippen LogP contribution in [0.2, 0.25) is 0 Å². The number of esters is 4. The Hall–Kier alpha value is -5.12. The van der Waals surface area contributed by atoms with Crippen LogP contribution in [0.1, 0.15) is 119 Å². The molecule has 0 atom stereocenters. The fraction of sp³-hybridized carbons (Fsp3) is 0.455. The molecule has 0 fully saturated rings. The molecule has 10 nitrogen and oxygen atoms in total. The summed E-state index contributed by atoms with van der Waals surface area (Å²) >= 11 is 0. The molecule has 54 heavy (non-hydrogen) atoms. The Morgan fingerprint density at radius 2 is 0.722 bits per heavy atom. The van der Waals surface area contributed by atoms with Gasteiger partial charge in [0.1, 0.15) is 23.0 Å². The van der Waals surface area contributed by atoms with E-state index in [2.05, 4.69) is 0 Å². The number of benzene rings is 4. The minimum atomic E-state index is -0.462. The Balaban J connectivity index is 2.07. The van der Waals surface area contributed by atoms with E-state index in [-0.39, 0.29) is 48.7 Å². The second-order valence-corrected chi connectivity index (χ2v) is 13.4. The van der Waals surface area contributed by atoms with Crippen molar-refractivity contribution in [3.63, 3.8) is 0 Å². The van der Waals surface area contributed by atoms with Gasteiger partial charge >= 0.3 is 23.9 Å². The molecule has 0 radical (unpaired) electrons. The van der Waals surface area contributed by atoms with Gasteiger partial charge in [-0.2, -0.15) is 0 Å². The van der Waals surface area contributed by atoms with Crippen LogP contribution in [0.3, 0.4) is 0 Å². The number of carbonyl (C=O) groups is 4. The minimum absolute atomic E-state index is 0.162. The third-order valence-electron chi connectivity index (χ3n) is 9.31. The summed E-state index contributed by atoms with van der Waals surface area (Å²) in [6, 6.07) is 10.7. The maximum absolute atomic E-state index is 13.6. The van der Waals surface area contributed by atoms with E-state index in [4.69, 9.17) is 28.4 Å². The highest BCUT2D eigenvalue weighted by Gasteiger charge is 2.32. The fourth-order valence-corrected chi connectivity index (χ4v) is 6.69. The molecular weight excluding hydrogens is 688 g/mol. The second-order valence-electron chi connectivity index (χ2n) is 13.4. The van der Waals surface area contributed by atoms with Crippen molar-refractivity contribution < 1.29 is 47.6 Å². The molecule has 0 saturated carbocycles. The van der Waals surface area contributed by atoms with Crippen molar-refractivity contribution in [1.82, 2.24) is 0 Å². The highest BCUT2D eigenvalue weighted by atomic mass is 16.6. The Kier molecular flexibility index (Phi) is 13.9. The van der Waals surface area contributed by atoms with E-state index in [9.17, 15) is 19.2 Å². The number of hydrogen-bond donors (Lipinski definition) is 0. The van der Waals surface area contributed by atoms with Gasteiger partial charge in [0.15, 0.2) is 11.5 Å². The van der Waals surface area contributed by atoms with Gasteiger partial charge in [-0.15, -0.1) is 0 Å². The van der Waals surface area contributed by atoms with Crippen LogP contribution in [0, 0.1) is 20.9 Å². The zero-order valence-corrected chi connectivity index (χ0v) is 32.4. The molecule has 0 unspecified atom stereocenters. The van der Waals surface area contributed by atoms with Gasteiger partial charge in [-0.3, -0.25) is 19.2 Å². The van der Waals surface area contributed by atoms with Gasteiger partial charge < -0.3 is 28.4 Å². The molecule has 1 aliphatic rings. The van der Waals surface area contributed by atoms with Gasteiger partial charge in [-0.1, -0.05) is 77.6 Å². The van der Waals surface area contributed by atoms with Crippen molar-refractivity contribution in [2.75, 3.05) is 13.2 Å². The van der Waals surface area contributed by atoms with E-state index in [0.717, 1.165) is 25.7 Å². The second kappa shape index (κ2) is 18.8. The van der Waals surface area contributed by atoms with Crippen LogP contribution in [0.15, 0.2) is 36.4 Å². The maximum atomic E-state index is 13.6. The van der Waals surface area contributed by atoms with Gasteiger partial charge in [0.05, 0.1) is 24.0 Å². The Morgan fingerprint density at radius 3 is 1.02 bits per heavy atom. The zero-order chi connectivity index (χ0) is 38.8. The van der Waals surface area contributed by atoms with Crippen molar-refractivity contribution in [2.45, 2.75) is 119 Å². The highest BCUT2D eigenvalue weighted by Crippen LogP contribution is 2.50. The van der Waals surface area contributed by atoms with Crippen molar-refractivity contribution in [1.29, 1.82) is 0 Å². The average Bonchev–Trinajstić information content (AvgIpc) is 3.15. The predicted molar refractivity (Wildman–Crippen MR) is 206 cm³/mol. The van der Waals surface area contributed by atoms with E-state index in [0.29, 0.717) is 92.8 Å². The number of ether oxygens (including phenoxy) is 6. The number of carbonyl (C=O) groups excluding carboxylic acids is 4. The van der Waals surface area contributed by atoms with E-state index in [1.165, 1.54) is 0 Å². The fourth-order valence-electron chi connectivity index (χ4n) is 6.69. The minimum Gasteiger partial charge on any atom is -0.493 e. The van der Waals surface area contributed by atoms with Crippen LogP contribution in [0.5, 0.6) is 34.5 Å². The molecule has 0 N–H and O–H groups in total. The van der Waals surface area contributed by atoms with Gasteiger partial charge in [-0.05, 0) is 51.7 Å². The molecule has 0 amide bonds. The number of fused-ring (bicyclic) bond motifs is 4. The normalized spacial score (nSPS) is 11.4. The van der Waals surface area contributed by atoms with Crippen LogP contribution in [0.25, 0.3) is 21.5 Å². The average molecular weight is 741 g/mol. The summed E-state index contributed by atoms with van der Waals surface area (Å²) < 4.78 is 37.4. The SMILES string of the molecule is CCCCC(=O)Oc1c2c(c(OC(=O)CCCC)c3c(OCC)cccc13)=c1c(OC(=O)CCCC)c3c(OCC)cccc3c(OC(=O)CCCC)c1=2. The molecule has 288 valence electrons. The van der Waals surface area contributed by atoms with Crippen LogP contribution in [-0.2, 0) is 19.2 Å². The summed E-state index contributed by atoms with van der Waals surface area (Å²) in [5.74, 6) is -0.228. The number of unbranched alkanes of at least 4 members (excludes halogenated alkanes) is 4. The van der Waals surface area contributed by atoms with E-state index >= 15 is 0 Å². The molecule has 10 heteroatoms. The summed E-state index contributed by atoms with van der Waals surface area (Å²) in [7, 11) is 0. The van der Waals surface area contributed by atoms with Crippen molar-refractivity contribution in [3.8, 4) is 34.5 Å². The predicted octanol–water partition coefficient (Wildman–Crippen LogP) is 10.1. The first-order valence-corrected chi connectivity index (χ1v) is 19.6. The van der Waals surface area contributed by atoms with Crippen LogP contribution in [-0.4, -0.2) is 37.1 Å². The summed E-state index contributed by atoms with van der Waals surface area (Å²) in [5, 5.41) is 3.37. The monoisotopic (exact) mass is 740 g/mol. The van der Waals surface area contributed by atoms with Crippen LogP contribution in [0.4, 0.5) is 0 Å². The highest BCUT2D eigenvalue weighted by molar-refractivity contribution is 6.04. The van der Waals surface area contributed by atoms with E-state index < -0.39 is 23.9 Å². The molecule has 5 rings (SSSR count). The first-order valence-electron chi connectivity index (χ1n) is 19.6. The first-order chi connectivity index (χ1) is 26.2. The van der Waals surface area contributed by atoms with Gasteiger partial charge in [0.25, 0.3) is 0 Å².